The van der Waals surface area contributed by atoms with E-state index in [1.165, 1.54) is 0 Å². The predicted octanol–water partition coefficient (Wildman–Crippen LogP) is 4.54. The van der Waals surface area contributed by atoms with Gasteiger partial charge in [0.05, 0.1) is 0 Å². The van der Waals surface area contributed by atoms with Gasteiger partial charge in [-0.25, -0.2) is 0 Å². The first-order valence-electron chi connectivity index (χ1n) is 6.91. The molecule has 3 aromatic rings. The summed E-state index contributed by atoms with van der Waals surface area (Å²) in [7, 11) is 0. The highest BCUT2D eigenvalue weighted by Gasteiger charge is 2.06. The van der Waals surface area contributed by atoms with Crippen LogP contribution in [-0.2, 0) is 12.8 Å². The molecule has 0 saturated carbocycles. The van der Waals surface area contributed by atoms with Gasteiger partial charge in [-0.15, -0.1) is 0 Å². The summed E-state index contributed by atoms with van der Waals surface area (Å²) >= 11 is 5.91. The summed E-state index contributed by atoms with van der Waals surface area (Å²) in [6.07, 6.45) is 1.45. The van der Waals surface area contributed by atoms with Crippen molar-refractivity contribution in [1.82, 2.24) is 10.1 Å². The van der Waals surface area contributed by atoms with E-state index in [0.717, 1.165) is 34.0 Å². The second-order valence-electron chi connectivity index (χ2n) is 4.84. The highest BCUT2D eigenvalue weighted by molar-refractivity contribution is 6.30. The van der Waals surface area contributed by atoms with E-state index >= 15 is 0 Å². The molecular weight excluding hydrogens is 284 g/mol. The fourth-order valence-corrected chi connectivity index (χ4v) is 2.27. The van der Waals surface area contributed by atoms with Crippen LogP contribution < -0.4 is 0 Å². The van der Waals surface area contributed by atoms with Gasteiger partial charge >= 0.3 is 0 Å². The Hall–Kier alpha value is -2.13. The van der Waals surface area contributed by atoms with E-state index in [9.17, 15) is 0 Å². The van der Waals surface area contributed by atoms with Crippen LogP contribution in [-0.4, -0.2) is 10.1 Å². The number of hydrogen-bond acceptors (Lipinski definition) is 3. The molecule has 0 amide bonds. The minimum absolute atomic E-state index is 0.683. The molecule has 0 radical (unpaired) electrons. The van der Waals surface area contributed by atoms with Gasteiger partial charge in [-0.3, -0.25) is 0 Å². The van der Waals surface area contributed by atoms with E-state index < -0.39 is 0 Å². The normalized spacial score (nSPS) is 10.8. The maximum absolute atomic E-state index is 5.91. The fourth-order valence-electron chi connectivity index (χ4n) is 2.15. The van der Waals surface area contributed by atoms with Gasteiger partial charge in [-0.2, -0.15) is 4.98 Å². The van der Waals surface area contributed by atoms with Crippen molar-refractivity contribution in [2.45, 2.75) is 19.8 Å². The first-order chi connectivity index (χ1) is 10.2. The summed E-state index contributed by atoms with van der Waals surface area (Å²) in [6.45, 7) is 2.00. The third-order valence-electron chi connectivity index (χ3n) is 3.31. The number of benzene rings is 2. The second kappa shape index (κ2) is 6.10. The zero-order valence-corrected chi connectivity index (χ0v) is 12.5. The third-order valence-corrected chi connectivity index (χ3v) is 3.56. The Kier molecular flexibility index (Phi) is 4.02. The summed E-state index contributed by atoms with van der Waals surface area (Å²) < 4.78 is 5.12. The molecule has 0 aliphatic rings. The Morgan fingerprint density at radius 2 is 1.57 bits per heavy atom. The lowest BCUT2D eigenvalue weighted by Crippen LogP contribution is -1.91. The maximum Gasteiger partial charge on any atom is 0.226 e. The molecule has 4 heteroatoms. The molecule has 1 aromatic heterocycles. The van der Waals surface area contributed by atoms with Gasteiger partial charge in [-0.1, -0.05) is 60.1 Å². The predicted molar refractivity (Wildman–Crippen MR) is 83.4 cm³/mol. The van der Waals surface area contributed by atoms with Gasteiger partial charge in [-0.05, 0) is 28.8 Å². The maximum atomic E-state index is 5.91. The highest BCUT2D eigenvalue weighted by Crippen LogP contribution is 2.22. The van der Waals surface area contributed by atoms with Crippen LogP contribution in [0.5, 0.6) is 0 Å². The van der Waals surface area contributed by atoms with Gasteiger partial charge in [0, 0.05) is 17.9 Å². The Bertz CT molecular complexity index is 717. The highest BCUT2D eigenvalue weighted by atomic mass is 35.5. The molecule has 0 aliphatic heterocycles. The fraction of sp³-hybridized carbons (Fsp3) is 0.176. The minimum Gasteiger partial charge on any atom is -0.339 e. The number of aryl methyl sites for hydroxylation is 1. The van der Waals surface area contributed by atoms with Crippen molar-refractivity contribution in [3.05, 3.63) is 70.8 Å². The van der Waals surface area contributed by atoms with Crippen molar-refractivity contribution < 1.29 is 4.52 Å². The van der Waals surface area contributed by atoms with E-state index in [4.69, 9.17) is 16.1 Å². The lowest BCUT2D eigenvalue weighted by atomic mass is 10.0. The van der Waals surface area contributed by atoms with Crippen LogP contribution in [0.15, 0.2) is 53.1 Å². The van der Waals surface area contributed by atoms with Crippen LogP contribution in [0, 0.1) is 0 Å². The minimum atomic E-state index is 0.683. The zero-order valence-electron chi connectivity index (χ0n) is 11.7. The van der Waals surface area contributed by atoms with Gasteiger partial charge in [0.15, 0.2) is 5.82 Å². The number of halogens is 1. The van der Waals surface area contributed by atoms with E-state index in [-0.39, 0.29) is 0 Å². The smallest absolute Gasteiger partial charge is 0.226 e. The van der Waals surface area contributed by atoms with Crippen molar-refractivity contribution in [2.24, 2.45) is 0 Å². The SMILES string of the molecule is CCc1nc(Cc2ccc(-c3ccc(Cl)cc3)cc2)no1. The van der Waals surface area contributed by atoms with Crippen LogP contribution in [0.2, 0.25) is 5.02 Å². The van der Waals surface area contributed by atoms with Gasteiger partial charge < -0.3 is 4.52 Å². The Labute approximate surface area is 128 Å². The summed E-state index contributed by atoms with van der Waals surface area (Å²) in [5, 5.41) is 4.72. The van der Waals surface area contributed by atoms with Gasteiger partial charge in [0.1, 0.15) is 0 Å². The van der Waals surface area contributed by atoms with Crippen LogP contribution in [0.25, 0.3) is 11.1 Å². The average molecular weight is 299 g/mol. The molecule has 0 unspecified atom stereocenters. The molecule has 0 atom stereocenters. The van der Waals surface area contributed by atoms with E-state index in [1.807, 2.05) is 31.2 Å². The van der Waals surface area contributed by atoms with Gasteiger partial charge in [0.25, 0.3) is 0 Å². The molecule has 1 heterocycles. The summed E-state index contributed by atoms with van der Waals surface area (Å²) in [5.74, 6) is 1.41. The topological polar surface area (TPSA) is 38.9 Å². The van der Waals surface area contributed by atoms with Crippen molar-refractivity contribution in [3.8, 4) is 11.1 Å². The Morgan fingerprint density at radius 1 is 0.952 bits per heavy atom. The molecule has 0 saturated heterocycles. The van der Waals surface area contributed by atoms with Crippen molar-refractivity contribution in [2.75, 3.05) is 0 Å². The van der Waals surface area contributed by atoms with Crippen molar-refractivity contribution in [1.29, 1.82) is 0 Å². The van der Waals surface area contributed by atoms with Crippen LogP contribution in [0.3, 0.4) is 0 Å². The molecule has 0 bridgehead atoms. The zero-order chi connectivity index (χ0) is 14.7. The molecule has 0 N–H and O–H groups in total. The van der Waals surface area contributed by atoms with Gasteiger partial charge in [0.2, 0.25) is 5.89 Å². The molecule has 2 aromatic carbocycles. The molecule has 3 rings (SSSR count). The van der Waals surface area contributed by atoms with E-state index in [2.05, 4.69) is 34.4 Å². The quantitative estimate of drug-likeness (QED) is 0.709. The first kappa shape index (κ1) is 13.8. The average Bonchev–Trinajstić information content (AvgIpc) is 2.97. The molecular formula is C17H15ClN2O. The third kappa shape index (κ3) is 3.31. The molecule has 21 heavy (non-hydrogen) atoms. The van der Waals surface area contributed by atoms with Crippen LogP contribution >= 0.6 is 11.6 Å². The first-order valence-corrected chi connectivity index (χ1v) is 7.28. The number of rotatable bonds is 4. The van der Waals surface area contributed by atoms with Crippen LogP contribution in [0.4, 0.5) is 0 Å². The summed E-state index contributed by atoms with van der Waals surface area (Å²) in [5.41, 5.74) is 3.48. The monoisotopic (exact) mass is 298 g/mol. The number of hydrogen-bond donors (Lipinski definition) is 0. The van der Waals surface area contributed by atoms with Crippen LogP contribution in [0.1, 0.15) is 24.2 Å². The standard InChI is InChI=1S/C17H15ClN2O/c1-2-17-19-16(20-21-17)11-12-3-5-13(6-4-12)14-7-9-15(18)10-8-14/h3-10H,2,11H2,1H3. The van der Waals surface area contributed by atoms with E-state index in [0.29, 0.717) is 12.3 Å². The molecule has 3 nitrogen and oxygen atoms in total. The van der Waals surface area contributed by atoms with Crippen molar-refractivity contribution >= 4 is 11.6 Å². The lowest BCUT2D eigenvalue weighted by molar-refractivity contribution is 0.377. The number of nitrogens with zero attached hydrogens (tertiary/aromatic N) is 2. The molecule has 0 aliphatic carbocycles. The molecule has 0 spiro atoms. The molecule has 0 fully saturated rings. The second-order valence-corrected chi connectivity index (χ2v) is 5.27. The Balaban J connectivity index is 1.76. The molecule has 106 valence electrons. The number of aromatic nitrogens is 2. The summed E-state index contributed by atoms with van der Waals surface area (Å²) in [4.78, 5) is 4.32. The van der Waals surface area contributed by atoms with Crippen molar-refractivity contribution in [3.63, 3.8) is 0 Å². The largest absolute Gasteiger partial charge is 0.339 e. The van der Waals surface area contributed by atoms with E-state index in [1.54, 1.807) is 0 Å². The summed E-state index contributed by atoms with van der Waals surface area (Å²) in [6, 6.07) is 16.2. The lowest BCUT2D eigenvalue weighted by Gasteiger charge is -2.03. The Morgan fingerprint density at radius 3 is 2.14 bits per heavy atom.